The molecule has 3 aromatic heterocycles. The van der Waals surface area contributed by atoms with Crippen molar-refractivity contribution >= 4 is 81.6 Å². The Morgan fingerprint density at radius 1 is 0.889 bits per heavy atom. The van der Waals surface area contributed by atoms with Crippen molar-refractivity contribution in [1.29, 1.82) is 0 Å². The molecule has 0 aliphatic carbocycles. The molecule has 0 saturated heterocycles. The molecule has 2 aromatic carbocycles. The van der Waals surface area contributed by atoms with Crippen LogP contribution in [-0.2, 0) is 0 Å². The molecule has 0 amide bonds. The molecule has 4 heteroatoms. The van der Waals surface area contributed by atoms with Crippen molar-refractivity contribution in [2.75, 3.05) is 0 Å². The second-order valence-corrected chi connectivity index (χ2v) is 10.3. The summed E-state index contributed by atoms with van der Waals surface area (Å²) < 4.78 is 2.70. The van der Waals surface area contributed by atoms with Gasteiger partial charge in [0.15, 0.2) is 0 Å². The SMILES string of the molecule is C=CS/C(=C\C)c1cc2c(ccc3c4cc(-c5cccs5)sc4ccc23)s1. The third-order valence-electron chi connectivity index (χ3n) is 4.67. The first kappa shape index (κ1) is 17.3. The number of hydrogen-bond acceptors (Lipinski definition) is 4. The molecule has 27 heavy (non-hydrogen) atoms. The summed E-state index contributed by atoms with van der Waals surface area (Å²) >= 11 is 7.25. The van der Waals surface area contributed by atoms with Crippen molar-refractivity contribution in [1.82, 2.24) is 0 Å². The van der Waals surface area contributed by atoms with E-state index >= 15 is 0 Å². The summed E-state index contributed by atoms with van der Waals surface area (Å²) in [4.78, 5) is 5.30. The highest BCUT2D eigenvalue weighted by atomic mass is 32.2. The lowest BCUT2D eigenvalue weighted by atomic mass is 10.0. The summed E-state index contributed by atoms with van der Waals surface area (Å²) in [7, 11) is 0. The van der Waals surface area contributed by atoms with Crippen LogP contribution in [0, 0.1) is 0 Å². The average Bonchev–Trinajstić information content (AvgIpc) is 3.43. The van der Waals surface area contributed by atoms with Gasteiger partial charge >= 0.3 is 0 Å². The summed E-state index contributed by atoms with van der Waals surface area (Å²) in [6.45, 7) is 5.96. The molecule has 0 bridgehead atoms. The highest BCUT2D eigenvalue weighted by Crippen LogP contribution is 2.43. The molecule has 0 unspecified atom stereocenters. The number of thiophene rings is 3. The second kappa shape index (κ2) is 6.95. The number of benzene rings is 2. The van der Waals surface area contributed by atoms with Gasteiger partial charge in [-0.3, -0.25) is 0 Å². The Morgan fingerprint density at radius 3 is 2.30 bits per heavy atom. The molecule has 5 aromatic rings. The van der Waals surface area contributed by atoms with E-state index in [1.165, 1.54) is 50.5 Å². The van der Waals surface area contributed by atoms with Gasteiger partial charge in [0.05, 0.1) is 0 Å². The van der Waals surface area contributed by atoms with Crippen molar-refractivity contribution in [3.8, 4) is 9.75 Å². The van der Waals surface area contributed by atoms with Gasteiger partial charge in [-0.1, -0.05) is 42.6 Å². The molecule has 0 radical (unpaired) electrons. The van der Waals surface area contributed by atoms with Crippen LogP contribution in [0.1, 0.15) is 11.8 Å². The van der Waals surface area contributed by atoms with Crippen molar-refractivity contribution in [3.63, 3.8) is 0 Å². The van der Waals surface area contributed by atoms with Crippen LogP contribution in [0.3, 0.4) is 0 Å². The Hall–Kier alpha value is -1.85. The lowest BCUT2D eigenvalue weighted by Gasteiger charge is -2.01. The lowest BCUT2D eigenvalue weighted by Crippen LogP contribution is -1.74. The first-order chi connectivity index (χ1) is 13.3. The number of hydrogen-bond donors (Lipinski definition) is 0. The largest absolute Gasteiger partial charge is 0.143 e. The van der Waals surface area contributed by atoms with Crippen LogP contribution in [0.5, 0.6) is 0 Å². The van der Waals surface area contributed by atoms with Gasteiger partial charge in [-0.05, 0) is 58.8 Å². The quantitative estimate of drug-likeness (QED) is 0.279. The van der Waals surface area contributed by atoms with Crippen LogP contribution in [0.25, 0.3) is 45.6 Å². The van der Waals surface area contributed by atoms with E-state index in [9.17, 15) is 0 Å². The molecular weight excluding hydrogens is 405 g/mol. The van der Waals surface area contributed by atoms with E-state index in [-0.39, 0.29) is 0 Å². The first-order valence-electron chi connectivity index (χ1n) is 8.65. The molecule has 3 heterocycles. The fourth-order valence-corrected chi connectivity index (χ4v) is 7.18. The van der Waals surface area contributed by atoms with Crippen LogP contribution >= 0.6 is 45.8 Å². The smallest absolute Gasteiger partial charge is 0.0455 e. The van der Waals surface area contributed by atoms with Crippen LogP contribution in [-0.4, -0.2) is 0 Å². The number of rotatable bonds is 4. The summed E-state index contributed by atoms with van der Waals surface area (Å²) in [5.41, 5.74) is 0. The minimum Gasteiger partial charge on any atom is -0.143 e. The van der Waals surface area contributed by atoms with E-state index in [2.05, 4.69) is 73.5 Å². The zero-order valence-electron chi connectivity index (χ0n) is 14.7. The maximum absolute atomic E-state index is 3.86. The minimum absolute atomic E-state index is 1.27. The summed E-state index contributed by atoms with van der Waals surface area (Å²) in [5, 5.41) is 9.45. The Bertz CT molecular complexity index is 1310. The van der Waals surface area contributed by atoms with Gasteiger partial charge in [-0.15, -0.1) is 34.0 Å². The zero-order chi connectivity index (χ0) is 18.4. The molecule has 0 fully saturated rings. The Kier molecular flexibility index (Phi) is 4.44. The lowest BCUT2D eigenvalue weighted by molar-refractivity contribution is 1.78. The number of fused-ring (bicyclic) bond motifs is 5. The standard InChI is InChI=1S/C23H16S4/c1-3-18(24-4-2)22-12-16-14-8-10-20-17(15(14)7-9-19(16)26-22)13-23(27-20)21-6-5-11-25-21/h3-13H,2H2,1H3/b18-3-. The Morgan fingerprint density at radius 2 is 1.63 bits per heavy atom. The first-order valence-corrected chi connectivity index (χ1v) is 12.0. The van der Waals surface area contributed by atoms with Crippen molar-refractivity contribution in [3.05, 3.63) is 76.9 Å². The number of thioether (sulfide) groups is 1. The normalized spacial score (nSPS) is 12.4. The van der Waals surface area contributed by atoms with Gasteiger partial charge in [0.1, 0.15) is 0 Å². The Balaban J connectivity index is 1.74. The zero-order valence-corrected chi connectivity index (χ0v) is 18.0. The summed E-state index contributed by atoms with van der Waals surface area (Å²) in [5.74, 6) is 0. The number of allylic oxidation sites excluding steroid dienone is 1. The molecule has 0 spiro atoms. The van der Waals surface area contributed by atoms with Crippen molar-refractivity contribution < 1.29 is 0 Å². The molecule has 0 atom stereocenters. The van der Waals surface area contributed by atoms with Crippen molar-refractivity contribution in [2.24, 2.45) is 0 Å². The highest BCUT2D eigenvalue weighted by Gasteiger charge is 2.12. The van der Waals surface area contributed by atoms with E-state index in [0.29, 0.717) is 0 Å². The molecule has 5 rings (SSSR count). The summed E-state index contributed by atoms with van der Waals surface area (Å²) in [6, 6.07) is 18.2. The van der Waals surface area contributed by atoms with Crippen LogP contribution in [0.2, 0.25) is 0 Å². The van der Waals surface area contributed by atoms with E-state index in [4.69, 9.17) is 0 Å². The molecule has 0 saturated carbocycles. The van der Waals surface area contributed by atoms with E-state index < -0.39 is 0 Å². The van der Waals surface area contributed by atoms with Gasteiger partial charge < -0.3 is 0 Å². The van der Waals surface area contributed by atoms with Crippen molar-refractivity contribution in [2.45, 2.75) is 6.92 Å². The fraction of sp³-hybridized carbons (Fsp3) is 0.0435. The van der Waals surface area contributed by atoms with E-state index in [0.717, 1.165) is 0 Å². The molecule has 0 nitrogen and oxygen atoms in total. The summed E-state index contributed by atoms with van der Waals surface area (Å²) in [6.07, 6.45) is 2.17. The second-order valence-electron chi connectivity index (χ2n) is 6.19. The van der Waals surface area contributed by atoms with Crippen LogP contribution in [0.15, 0.2) is 72.0 Å². The fourth-order valence-electron chi connectivity index (χ4n) is 3.47. The molecule has 0 aliphatic heterocycles. The van der Waals surface area contributed by atoms with Gasteiger partial charge in [-0.25, -0.2) is 0 Å². The third-order valence-corrected chi connectivity index (χ3v) is 8.98. The topological polar surface area (TPSA) is 0 Å². The van der Waals surface area contributed by atoms with Gasteiger partial charge in [0.2, 0.25) is 0 Å². The van der Waals surface area contributed by atoms with E-state index in [1.807, 2.05) is 39.4 Å². The predicted molar refractivity (Wildman–Crippen MR) is 129 cm³/mol. The van der Waals surface area contributed by atoms with Gasteiger partial charge in [0, 0.05) is 39.7 Å². The van der Waals surface area contributed by atoms with Gasteiger partial charge in [0.25, 0.3) is 0 Å². The average molecular weight is 421 g/mol. The van der Waals surface area contributed by atoms with Crippen LogP contribution < -0.4 is 0 Å². The maximum atomic E-state index is 3.86. The minimum atomic E-state index is 1.27. The van der Waals surface area contributed by atoms with E-state index in [1.54, 1.807) is 11.8 Å². The van der Waals surface area contributed by atoms with Crippen LogP contribution in [0.4, 0.5) is 0 Å². The molecule has 0 aliphatic rings. The highest BCUT2D eigenvalue weighted by molar-refractivity contribution is 8.11. The predicted octanol–water partition coefficient (Wildman–Crippen LogP) is 9.24. The third kappa shape index (κ3) is 2.88. The molecule has 132 valence electrons. The molecular formula is C23H16S4. The van der Waals surface area contributed by atoms with Gasteiger partial charge in [-0.2, -0.15) is 0 Å². The Labute approximate surface area is 174 Å². The monoisotopic (exact) mass is 420 g/mol. The maximum Gasteiger partial charge on any atom is 0.0455 e. The molecule has 0 N–H and O–H groups in total.